The highest BCUT2D eigenvalue weighted by Crippen LogP contribution is 2.18. The Hall–Kier alpha value is -1.99. The molecule has 24 heavy (non-hydrogen) atoms. The molecule has 1 atom stereocenters. The van der Waals surface area contributed by atoms with Crippen molar-refractivity contribution in [3.63, 3.8) is 0 Å². The molecule has 1 amide bonds. The summed E-state index contributed by atoms with van der Waals surface area (Å²) >= 11 is 1.64. The molecule has 7 heteroatoms. The Morgan fingerprint density at radius 1 is 1.46 bits per heavy atom. The Labute approximate surface area is 145 Å². The molecule has 6 nitrogen and oxygen atoms in total. The van der Waals surface area contributed by atoms with Crippen LogP contribution in [0.5, 0.6) is 0 Å². The highest BCUT2D eigenvalue weighted by molar-refractivity contribution is 7.07. The lowest BCUT2D eigenvalue weighted by molar-refractivity contribution is 0.0507. The zero-order valence-electron chi connectivity index (χ0n) is 13.8. The van der Waals surface area contributed by atoms with Crippen LogP contribution in [0.15, 0.2) is 29.2 Å². The third kappa shape index (κ3) is 4.30. The number of hydrogen-bond acceptors (Lipinski definition) is 6. The molecule has 3 rings (SSSR count). The SMILES string of the molecule is CCNc1ncc(C(=O)N(Cc2ccsc2)C[C@@H]2CCCO2)cn1. The van der Waals surface area contributed by atoms with Crippen LogP contribution in [0.4, 0.5) is 5.95 Å². The van der Waals surface area contributed by atoms with Crippen LogP contribution in [0.2, 0.25) is 0 Å². The number of rotatable bonds is 7. The van der Waals surface area contributed by atoms with E-state index in [1.54, 1.807) is 23.7 Å². The maximum Gasteiger partial charge on any atom is 0.257 e. The molecule has 3 heterocycles. The Kier molecular flexibility index (Phi) is 5.77. The van der Waals surface area contributed by atoms with E-state index in [9.17, 15) is 4.79 Å². The summed E-state index contributed by atoms with van der Waals surface area (Å²) in [6.45, 7) is 4.69. The molecule has 0 saturated carbocycles. The van der Waals surface area contributed by atoms with E-state index >= 15 is 0 Å². The summed E-state index contributed by atoms with van der Waals surface area (Å²) in [5.74, 6) is 0.484. The quantitative estimate of drug-likeness (QED) is 0.835. The Morgan fingerprint density at radius 3 is 2.92 bits per heavy atom. The van der Waals surface area contributed by atoms with Gasteiger partial charge >= 0.3 is 0 Å². The number of hydrogen-bond donors (Lipinski definition) is 1. The molecule has 0 aliphatic carbocycles. The molecule has 1 aliphatic rings. The maximum atomic E-state index is 12.9. The largest absolute Gasteiger partial charge is 0.376 e. The number of aromatic nitrogens is 2. The van der Waals surface area contributed by atoms with Crippen LogP contribution in [-0.2, 0) is 11.3 Å². The molecular formula is C17H22N4O2S. The lowest BCUT2D eigenvalue weighted by Crippen LogP contribution is -2.37. The van der Waals surface area contributed by atoms with Crippen molar-refractivity contribution in [2.75, 3.05) is 25.0 Å². The molecule has 1 aliphatic heterocycles. The summed E-state index contributed by atoms with van der Waals surface area (Å²) in [6.07, 6.45) is 5.36. The molecule has 1 N–H and O–H groups in total. The fraction of sp³-hybridized carbons (Fsp3) is 0.471. The third-order valence-corrected chi connectivity index (χ3v) is 4.65. The van der Waals surface area contributed by atoms with Gasteiger partial charge in [-0.3, -0.25) is 4.79 Å². The number of carbonyl (C=O) groups is 1. The lowest BCUT2D eigenvalue weighted by atomic mass is 10.2. The molecule has 1 saturated heterocycles. The smallest absolute Gasteiger partial charge is 0.257 e. The fourth-order valence-electron chi connectivity index (χ4n) is 2.73. The van der Waals surface area contributed by atoms with Gasteiger partial charge in [0.05, 0.1) is 11.7 Å². The summed E-state index contributed by atoms with van der Waals surface area (Å²) in [6, 6.07) is 2.05. The Balaban J connectivity index is 1.73. The number of nitrogens with zero attached hydrogens (tertiary/aromatic N) is 3. The standard InChI is InChI=1S/C17H22N4O2S/c1-2-18-17-19-8-14(9-20-17)16(22)21(10-13-5-7-24-12-13)11-15-4-3-6-23-15/h5,7-9,12,15H,2-4,6,10-11H2,1H3,(H,18,19,20)/t15-/m0/s1. The number of amides is 1. The van der Waals surface area contributed by atoms with Crippen LogP contribution in [0.1, 0.15) is 35.7 Å². The Morgan fingerprint density at radius 2 is 2.29 bits per heavy atom. The molecular weight excluding hydrogens is 324 g/mol. The molecule has 0 unspecified atom stereocenters. The van der Waals surface area contributed by atoms with Gasteiger partial charge in [0.2, 0.25) is 5.95 Å². The zero-order chi connectivity index (χ0) is 16.8. The number of anilines is 1. The van der Waals surface area contributed by atoms with Crippen LogP contribution in [0.3, 0.4) is 0 Å². The van der Waals surface area contributed by atoms with Crippen molar-refractivity contribution in [3.8, 4) is 0 Å². The van der Waals surface area contributed by atoms with Crippen LogP contribution in [0, 0.1) is 0 Å². The van der Waals surface area contributed by atoms with E-state index in [0.29, 0.717) is 24.6 Å². The minimum atomic E-state index is -0.0558. The van der Waals surface area contributed by atoms with Crippen LogP contribution < -0.4 is 5.32 Å². The van der Waals surface area contributed by atoms with Crippen LogP contribution >= 0.6 is 11.3 Å². The van der Waals surface area contributed by atoms with Crippen molar-refractivity contribution in [1.82, 2.24) is 14.9 Å². The first-order chi connectivity index (χ1) is 11.8. The Bertz CT molecular complexity index is 639. The first kappa shape index (κ1) is 16.9. The van der Waals surface area contributed by atoms with Gasteiger partial charge in [0.15, 0.2) is 0 Å². The van der Waals surface area contributed by atoms with E-state index in [4.69, 9.17) is 4.74 Å². The highest BCUT2D eigenvalue weighted by Gasteiger charge is 2.24. The van der Waals surface area contributed by atoms with Gasteiger partial charge in [0, 0.05) is 38.6 Å². The van der Waals surface area contributed by atoms with E-state index in [-0.39, 0.29) is 12.0 Å². The minimum Gasteiger partial charge on any atom is -0.376 e. The van der Waals surface area contributed by atoms with Gasteiger partial charge in [-0.05, 0) is 42.2 Å². The maximum absolute atomic E-state index is 12.9. The van der Waals surface area contributed by atoms with E-state index in [1.807, 2.05) is 23.3 Å². The molecule has 2 aromatic rings. The first-order valence-corrected chi connectivity index (χ1v) is 9.18. The average Bonchev–Trinajstić information content (AvgIpc) is 3.28. The summed E-state index contributed by atoms with van der Waals surface area (Å²) in [5, 5.41) is 7.13. The van der Waals surface area contributed by atoms with Gasteiger partial charge < -0.3 is 15.0 Å². The molecule has 1 fully saturated rings. The topological polar surface area (TPSA) is 67.4 Å². The van der Waals surface area contributed by atoms with Gasteiger partial charge in [-0.2, -0.15) is 11.3 Å². The second kappa shape index (κ2) is 8.21. The minimum absolute atomic E-state index is 0.0558. The zero-order valence-corrected chi connectivity index (χ0v) is 14.6. The van der Waals surface area contributed by atoms with Crippen molar-refractivity contribution < 1.29 is 9.53 Å². The number of thiophene rings is 1. The van der Waals surface area contributed by atoms with E-state index in [2.05, 4.69) is 20.7 Å². The van der Waals surface area contributed by atoms with Gasteiger partial charge in [-0.1, -0.05) is 0 Å². The van der Waals surface area contributed by atoms with Crippen molar-refractivity contribution in [3.05, 3.63) is 40.3 Å². The molecule has 0 aromatic carbocycles. The monoisotopic (exact) mass is 346 g/mol. The van der Waals surface area contributed by atoms with Gasteiger partial charge in [0.25, 0.3) is 5.91 Å². The predicted octanol–water partition coefficient (Wildman–Crippen LogP) is 2.79. The summed E-state index contributed by atoms with van der Waals surface area (Å²) in [5.41, 5.74) is 1.64. The van der Waals surface area contributed by atoms with E-state index < -0.39 is 0 Å². The van der Waals surface area contributed by atoms with Gasteiger partial charge in [0.1, 0.15) is 0 Å². The van der Waals surface area contributed by atoms with Crippen molar-refractivity contribution in [2.24, 2.45) is 0 Å². The number of carbonyl (C=O) groups excluding carboxylic acids is 1. The van der Waals surface area contributed by atoms with Crippen molar-refractivity contribution in [1.29, 1.82) is 0 Å². The predicted molar refractivity (Wildman–Crippen MR) is 94.2 cm³/mol. The van der Waals surface area contributed by atoms with Crippen molar-refractivity contribution >= 4 is 23.2 Å². The summed E-state index contributed by atoms with van der Waals surface area (Å²) in [4.78, 5) is 23.1. The summed E-state index contributed by atoms with van der Waals surface area (Å²) in [7, 11) is 0. The van der Waals surface area contributed by atoms with Crippen LogP contribution in [-0.4, -0.2) is 46.6 Å². The highest BCUT2D eigenvalue weighted by atomic mass is 32.1. The molecule has 0 radical (unpaired) electrons. The number of ether oxygens (including phenoxy) is 1. The van der Waals surface area contributed by atoms with Crippen molar-refractivity contribution in [2.45, 2.75) is 32.4 Å². The molecule has 128 valence electrons. The first-order valence-electron chi connectivity index (χ1n) is 8.24. The molecule has 0 spiro atoms. The normalized spacial score (nSPS) is 17.0. The lowest BCUT2D eigenvalue weighted by Gasteiger charge is -2.25. The van der Waals surface area contributed by atoms with E-state index in [0.717, 1.165) is 31.6 Å². The fourth-order valence-corrected chi connectivity index (χ4v) is 3.39. The summed E-state index contributed by atoms with van der Waals surface area (Å²) < 4.78 is 5.71. The van der Waals surface area contributed by atoms with Gasteiger partial charge in [-0.15, -0.1) is 0 Å². The van der Waals surface area contributed by atoms with Crippen LogP contribution in [0.25, 0.3) is 0 Å². The third-order valence-electron chi connectivity index (χ3n) is 3.92. The van der Waals surface area contributed by atoms with E-state index in [1.165, 1.54) is 0 Å². The molecule has 2 aromatic heterocycles. The number of nitrogens with one attached hydrogen (secondary N) is 1. The molecule has 0 bridgehead atoms. The van der Waals surface area contributed by atoms with Gasteiger partial charge in [-0.25, -0.2) is 9.97 Å². The average molecular weight is 346 g/mol. The second-order valence-corrected chi connectivity index (χ2v) is 6.56. The second-order valence-electron chi connectivity index (χ2n) is 5.78.